The van der Waals surface area contributed by atoms with Crippen molar-refractivity contribution in [1.82, 2.24) is 15.2 Å². The third kappa shape index (κ3) is 5.50. The van der Waals surface area contributed by atoms with Gasteiger partial charge in [-0.05, 0) is 30.7 Å². The highest BCUT2D eigenvalue weighted by atomic mass is 16.5. The van der Waals surface area contributed by atoms with Crippen LogP contribution in [0.5, 0.6) is 0 Å². The molecule has 20 heavy (non-hydrogen) atoms. The normalized spacial score (nSPS) is 16.4. The maximum absolute atomic E-state index is 11.6. The van der Waals surface area contributed by atoms with Gasteiger partial charge in [0.1, 0.15) is 0 Å². The first-order valence-electron chi connectivity index (χ1n) is 7.00. The van der Waals surface area contributed by atoms with Gasteiger partial charge in [0.05, 0.1) is 13.2 Å². The zero-order valence-electron chi connectivity index (χ0n) is 11.6. The molecule has 5 heteroatoms. The van der Waals surface area contributed by atoms with Gasteiger partial charge in [0, 0.05) is 38.1 Å². The average Bonchev–Trinajstić information content (AvgIpc) is 2.52. The number of pyridine rings is 1. The molecular formula is C15H21N3O2. The molecule has 1 aromatic rings. The summed E-state index contributed by atoms with van der Waals surface area (Å²) in [6, 6.07) is 3.76. The van der Waals surface area contributed by atoms with Crippen molar-refractivity contribution in [3.63, 3.8) is 0 Å². The number of ether oxygens (including phenoxy) is 1. The van der Waals surface area contributed by atoms with Crippen molar-refractivity contribution in [3.05, 3.63) is 36.2 Å². The van der Waals surface area contributed by atoms with E-state index >= 15 is 0 Å². The fourth-order valence-corrected chi connectivity index (χ4v) is 2.04. The Morgan fingerprint density at radius 3 is 3.05 bits per heavy atom. The van der Waals surface area contributed by atoms with E-state index in [2.05, 4.69) is 15.2 Å². The fourth-order valence-electron chi connectivity index (χ4n) is 2.04. The topological polar surface area (TPSA) is 54.5 Å². The van der Waals surface area contributed by atoms with E-state index in [0.29, 0.717) is 6.54 Å². The molecule has 0 bridgehead atoms. The van der Waals surface area contributed by atoms with Gasteiger partial charge >= 0.3 is 0 Å². The van der Waals surface area contributed by atoms with Crippen LogP contribution in [0.15, 0.2) is 30.6 Å². The minimum absolute atomic E-state index is 0.0594. The highest BCUT2D eigenvalue weighted by molar-refractivity contribution is 5.91. The zero-order chi connectivity index (χ0) is 14.0. The van der Waals surface area contributed by atoms with Crippen molar-refractivity contribution < 1.29 is 9.53 Å². The summed E-state index contributed by atoms with van der Waals surface area (Å²) in [5.74, 6) is -0.0594. The molecule has 1 N–H and O–H groups in total. The highest BCUT2D eigenvalue weighted by Gasteiger charge is 2.09. The number of carbonyl (C=O) groups excluding carboxylic acids is 1. The van der Waals surface area contributed by atoms with Gasteiger partial charge in [-0.25, -0.2) is 0 Å². The van der Waals surface area contributed by atoms with Gasteiger partial charge < -0.3 is 10.1 Å². The molecule has 108 valence electrons. The van der Waals surface area contributed by atoms with Crippen LogP contribution in [-0.2, 0) is 9.53 Å². The standard InChI is InChI=1S/C15H21N3O2/c19-15(5-4-14-3-1-6-16-13-14)17-7-2-8-18-9-11-20-12-10-18/h1,3-6,13H,2,7-12H2,(H,17,19)/b5-4+. The molecule has 1 aliphatic heterocycles. The minimum atomic E-state index is -0.0594. The van der Waals surface area contributed by atoms with Gasteiger partial charge in [-0.2, -0.15) is 0 Å². The summed E-state index contributed by atoms with van der Waals surface area (Å²) in [6.07, 6.45) is 7.72. The summed E-state index contributed by atoms with van der Waals surface area (Å²) in [7, 11) is 0. The lowest BCUT2D eigenvalue weighted by Crippen LogP contribution is -2.38. The van der Waals surface area contributed by atoms with E-state index in [1.165, 1.54) is 0 Å². The van der Waals surface area contributed by atoms with E-state index < -0.39 is 0 Å². The summed E-state index contributed by atoms with van der Waals surface area (Å²) < 4.78 is 5.29. The number of nitrogens with zero attached hydrogens (tertiary/aromatic N) is 2. The van der Waals surface area contributed by atoms with E-state index in [9.17, 15) is 4.79 Å². The molecule has 2 rings (SSSR count). The molecule has 5 nitrogen and oxygen atoms in total. The number of aromatic nitrogens is 1. The SMILES string of the molecule is O=C(/C=C/c1cccnc1)NCCCN1CCOCC1. The molecule has 0 unspecified atom stereocenters. The Morgan fingerprint density at radius 1 is 1.45 bits per heavy atom. The lowest BCUT2D eigenvalue weighted by Gasteiger charge is -2.26. The van der Waals surface area contributed by atoms with Gasteiger partial charge in [0.2, 0.25) is 5.91 Å². The van der Waals surface area contributed by atoms with Crippen molar-refractivity contribution in [2.24, 2.45) is 0 Å². The van der Waals surface area contributed by atoms with Gasteiger partial charge in [0.25, 0.3) is 0 Å². The van der Waals surface area contributed by atoms with Gasteiger partial charge in [-0.3, -0.25) is 14.7 Å². The van der Waals surface area contributed by atoms with Crippen molar-refractivity contribution in [3.8, 4) is 0 Å². The number of hydrogen-bond donors (Lipinski definition) is 1. The molecule has 0 spiro atoms. The smallest absolute Gasteiger partial charge is 0.244 e. The van der Waals surface area contributed by atoms with Crippen LogP contribution in [0.2, 0.25) is 0 Å². The van der Waals surface area contributed by atoms with Crippen molar-refractivity contribution >= 4 is 12.0 Å². The van der Waals surface area contributed by atoms with Crippen LogP contribution in [0.1, 0.15) is 12.0 Å². The van der Waals surface area contributed by atoms with Crippen LogP contribution in [0.3, 0.4) is 0 Å². The summed E-state index contributed by atoms with van der Waals surface area (Å²) in [5.41, 5.74) is 0.927. The van der Waals surface area contributed by atoms with Crippen LogP contribution < -0.4 is 5.32 Å². The minimum Gasteiger partial charge on any atom is -0.379 e. The molecule has 0 radical (unpaired) electrons. The first-order valence-corrected chi connectivity index (χ1v) is 7.00. The predicted molar refractivity (Wildman–Crippen MR) is 78.2 cm³/mol. The third-order valence-electron chi connectivity index (χ3n) is 3.17. The second-order valence-corrected chi connectivity index (χ2v) is 4.72. The van der Waals surface area contributed by atoms with Crippen LogP contribution in [0.25, 0.3) is 6.08 Å². The van der Waals surface area contributed by atoms with Crippen molar-refractivity contribution in [2.45, 2.75) is 6.42 Å². The van der Waals surface area contributed by atoms with Crippen LogP contribution in [0.4, 0.5) is 0 Å². The van der Waals surface area contributed by atoms with Crippen LogP contribution in [-0.4, -0.2) is 55.2 Å². The molecule has 1 amide bonds. The summed E-state index contributed by atoms with van der Waals surface area (Å²) in [5, 5.41) is 2.89. The number of morpholine rings is 1. The molecular weight excluding hydrogens is 254 g/mol. The molecule has 0 aliphatic carbocycles. The van der Waals surface area contributed by atoms with E-state index in [1.54, 1.807) is 24.5 Å². The van der Waals surface area contributed by atoms with E-state index in [4.69, 9.17) is 4.74 Å². The number of nitrogens with one attached hydrogen (secondary N) is 1. The summed E-state index contributed by atoms with van der Waals surface area (Å²) in [4.78, 5) is 18.0. The first kappa shape index (κ1) is 14.7. The lowest BCUT2D eigenvalue weighted by atomic mass is 10.2. The largest absolute Gasteiger partial charge is 0.379 e. The average molecular weight is 275 g/mol. The second kappa shape index (κ2) is 8.45. The van der Waals surface area contributed by atoms with Gasteiger partial charge in [-0.15, -0.1) is 0 Å². The van der Waals surface area contributed by atoms with Gasteiger partial charge in [0.15, 0.2) is 0 Å². The van der Waals surface area contributed by atoms with E-state index in [1.807, 2.05) is 12.1 Å². The van der Waals surface area contributed by atoms with E-state index in [-0.39, 0.29) is 5.91 Å². The molecule has 0 aromatic carbocycles. The Kier molecular flexibility index (Phi) is 6.20. The number of carbonyl (C=O) groups is 1. The lowest BCUT2D eigenvalue weighted by molar-refractivity contribution is -0.116. The number of hydrogen-bond acceptors (Lipinski definition) is 4. The van der Waals surface area contributed by atoms with Gasteiger partial charge in [-0.1, -0.05) is 6.07 Å². The molecule has 2 heterocycles. The Bertz CT molecular complexity index is 428. The Morgan fingerprint density at radius 2 is 2.30 bits per heavy atom. The molecule has 0 saturated carbocycles. The Labute approximate surface area is 119 Å². The number of rotatable bonds is 6. The Hall–Kier alpha value is -1.72. The second-order valence-electron chi connectivity index (χ2n) is 4.72. The zero-order valence-corrected chi connectivity index (χ0v) is 11.6. The third-order valence-corrected chi connectivity index (χ3v) is 3.17. The maximum Gasteiger partial charge on any atom is 0.244 e. The van der Waals surface area contributed by atoms with Crippen molar-refractivity contribution in [1.29, 1.82) is 0 Å². The fraction of sp³-hybridized carbons (Fsp3) is 0.467. The van der Waals surface area contributed by atoms with Crippen molar-refractivity contribution in [2.75, 3.05) is 39.4 Å². The Balaban J connectivity index is 1.59. The summed E-state index contributed by atoms with van der Waals surface area (Å²) >= 11 is 0. The highest BCUT2D eigenvalue weighted by Crippen LogP contribution is 1.99. The molecule has 1 fully saturated rings. The molecule has 1 saturated heterocycles. The number of amides is 1. The van der Waals surface area contributed by atoms with Crippen LogP contribution in [0, 0.1) is 0 Å². The quantitative estimate of drug-likeness (QED) is 0.620. The monoisotopic (exact) mass is 275 g/mol. The molecule has 1 aliphatic rings. The maximum atomic E-state index is 11.6. The molecule has 0 atom stereocenters. The van der Waals surface area contributed by atoms with Crippen LogP contribution >= 0.6 is 0 Å². The first-order chi connectivity index (χ1) is 9.84. The molecule has 1 aromatic heterocycles. The summed E-state index contributed by atoms with van der Waals surface area (Å²) in [6.45, 7) is 5.34. The predicted octanol–water partition coefficient (Wildman–Crippen LogP) is 0.933. The van der Waals surface area contributed by atoms with E-state index in [0.717, 1.165) is 44.8 Å².